The van der Waals surface area contributed by atoms with E-state index in [0.29, 0.717) is 13.2 Å². The molecule has 2 aromatic rings. The molecule has 136 valence electrons. The van der Waals surface area contributed by atoms with Gasteiger partial charge in [0.15, 0.2) is 0 Å². The second-order valence-electron chi connectivity index (χ2n) is 6.92. The Bertz CT molecular complexity index is 694. The summed E-state index contributed by atoms with van der Waals surface area (Å²) in [5, 5.41) is 0. The highest BCUT2D eigenvalue weighted by atomic mass is 16.6. The highest BCUT2D eigenvalue weighted by Gasteiger charge is 2.11. The molecule has 0 amide bonds. The number of aryl methyl sites for hydroxylation is 4. The van der Waals surface area contributed by atoms with Crippen LogP contribution >= 0.6 is 0 Å². The van der Waals surface area contributed by atoms with Crippen LogP contribution in [0.2, 0.25) is 0 Å². The van der Waals surface area contributed by atoms with Crippen molar-refractivity contribution in [1.29, 1.82) is 0 Å². The third kappa shape index (κ3) is 6.09. The van der Waals surface area contributed by atoms with E-state index in [1.807, 2.05) is 26.0 Å². The third-order valence-corrected chi connectivity index (χ3v) is 4.08. The summed E-state index contributed by atoms with van der Waals surface area (Å²) < 4.78 is 17.7. The number of hydrogen-bond donors (Lipinski definition) is 0. The molecule has 0 aliphatic carbocycles. The van der Waals surface area contributed by atoms with Gasteiger partial charge in [0, 0.05) is 0 Å². The van der Waals surface area contributed by atoms with E-state index < -0.39 is 0 Å². The predicted octanol–water partition coefficient (Wildman–Crippen LogP) is 5.17. The first-order valence-electron chi connectivity index (χ1n) is 8.90. The molecule has 2 unspecified atom stereocenters. The minimum atomic E-state index is -0.00929. The Balaban J connectivity index is 1.76. The average Bonchev–Trinajstić information content (AvgIpc) is 2.55. The summed E-state index contributed by atoms with van der Waals surface area (Å²) in [7, 11) is 0. The molecule has 2 atom stereocenters. The van der Waals surface area contributed by atoms with Crippen molar-refractivity contribution in [2.45, 2.75) is 53.8 Å². The summed E-state index contributed by atoms with van der Waals surface area (Å²) >= 11 is 0. The van der Waals surface area contributed by atoms with Gasteiger partial charge in [-0.05, 0) is 64.8 Å². The lowest BCUT2D eigenvalue weighted by atomic mass is 10.1. The number of benzene rings is 2. The molecule has 0 radical (unpaired) electrons. The third-order valence-electron chi connectivity index (χ3n) is 4.08. The fourth-order valence-electron chi connectivity index (χ4n) is 2.70. The zero-order valence-corrected chi connectivity index (χ0v) is 16.3. The maximum atomic E-state index is 5.98. The van der Waals surface area contributed by atoms with Gasteiger partial charge in [0.1, 0.15) is 24.2 Å². The number of hydrogen-bond acceptors (Lipinski definition) is 3. The van der Waals surface area contributed by atoms with E-state index in [2.05, 4.69) is 52.0 Å². The fraction of sp³-hybridized carbons (Fsp3) is 0.455. The van der Waals surface area contributed by atoms with Crippen molar-refractivity contribution in [2.75, 3.05) is 13.2 Å². The minimum Gasteiger partial charge on any atom is -0.491 e. The highest BCUT2D eigenvalue weighted by Crippen LogP contribution is 2.21. The Morgan fingerprint density at radius 1 is 0.720 bits per heavy atom. The molecule has 0 bridgehead atoms. The van der Waals surface area contributed by atoms with Gasteiger partial charge in [-0.3, -0.25) is 0 Å². The Morgan fingerprint density at radius 2 is 1.28 bits per heavy atom. The normalized spacial score (nSPS) is 13.4. The van der Waals surface area contributed by atoms with Crippen molar-refractivity contribution in [3.8, 4) is 11.5 Å². The number of rotatable bonds is 8. The van der Waals surface area contributed by atoms with Gasteiger partial charge in [-0.1, -0.05) is 35.4 Å². The van der Waals surface area contributed by atoms with Crippen molar-refractivity contribution >= 4 is 0 Å². The van der Waals surface area contributed by atoms with Crippen LogP contribution in [0.15, 0.2) is 36.4 Å². The van der Waals surface area contributed by atoms with Crippen molar-refractivity contribution in [1.82, 2.24) is 0 Å². The topological polar surface area (TPSA) is 27.7 Å². The summed E-state index contributed by atoms with van der Waals surface area (Å²) in [6.45, 7) is 13.4. The van der Waals surface area contributed by atoms with Gasteiger partial charge < -0.3 is 14.2 Å². The molecule has 0 aliphatic rings. The van der Waals surface area contributed by atoms with E-state index in [0.717, 1.165) is 22.6 Å². The van der Waals surface area contributed by atoms with Crippen LogP contribution in [0, 0.1) is 27.7 Å². The van der Waals surface area contributed by atoms with Gasteiger partial charge in [-0.25, -0.2) is 0 Å². The van der Waals surface area contributed by atoms with E-state index in [9.17, 15) is 0 Å². The Morgan fingerprint density at radius 3 is 1.84 bits per heavy atom. The summed E-state index contributed by atoms with van der Waals surface area (Å²) in [6.07, 6.45) is -0.00386. The van der Waals surface area contributed by atoms with Crippen molar-refractivity contribution in [3.63, 3.8) is 0 Å². The lowest BCUT2D eigenvalue weighted by Gasteiger charge is -2.20. The van der Waals surface area contributed by atoms with Crippen LogP contribution in [0.25, 0.3) is 0 Å². The van der Waals surface area contributed by atoms with E-state index in [-0.39, 0.29) is 12.2 Å². The molecule has 0 heterocycles. The maximum Gasteiger partial charge on any atom is 0.122 e. The minimum absolute atomic E-state index is 0.00543. The summed E-state index contributed by atoms with van der Waals surface area (Å²) in [6, 6.07) is 12.4. The SMILES string of the molecule is Cc1ccc(OCC(C)OCC(C)Oc2ccc(C)cc2C)c(C)c1. The molecule has 0 fully saturated rings. The Kier molecular flexibility index (Phi) is 6.89. The van der Waals surface area contributed by atoms with Gasteiger partial charge in [0.25, 0.3) is 0 Å². The molecule has 2 aromatic carbocycles. The predicted molar refractivity (Wildman–Crippen MR) is 103 cm³/mol. The largest absolute Gasteiger partial charge is 0.491 e. The molecule has 2 rings (SSSR count). The summed E-state index contributed by atoms with van der Waals surface area (Å²) in [4.78, 5) is 0. The van der Waals surface area contributed by atoms with Crippen LogP contribution in [0.1, 0.15) is 36.1 Å². The van der Waals surface area contributed by atoms with Crippen molar-refractivity contribution < 1.29 is 14.2 Å². The molecule has 0 aliphatic heterocycles. The smallest absolute Gasteiger partial charge is 0.122 e. The standard InChI is InChI=1S/C22H30O3/c1-15-7-9-21(17(3)11-15)24-13-19(5)23-14-20(6)25-22-10-8-16(2)12-18(22)4/h7-12,19-20H,13-14H2,1-6H3. The van der Waals surface area contributed by atoms with Gasteiger partial charge in [-0.2, -0.15) is 0 Å². The van der Waals surface area contributed by atoms with E-state index >= 15 is 0 Å². The molecule has 0 saturated carbocycles. The van der Waals surface area contributed by atoms with Crippen LogP contribution in [0.4, 0.5) is 0 Å². The Hall–Kier alpha value is -2.00. The molecular weight excluding hydrogens is 312 g/mol. The molecule has 0 saturated heterocycles. The first kappa shape index (κ1) is 19.3. The van der Waals surface area contributed by atoms with E-state index in [1.54, 1.807) is 0 Å². The monoisotopic (exact) mass is 342 g/mol. The second-order valence-corrected chi connectivity index (χ2v) is 6.92. The molecule has 0 N–H and O–H groups in total. The number of ether oxygens (including phenoxy) is 3. The van der Waals surface area contributed by atoms with Gasteiger partial charge in [0.05, 0.1) is 12.7 Å². The van der Waals surface area contributed by atoms with Crippen molar-refractivity contribution in [2.24, 2.45) is 0 Å². The van der Waals surface area contributed by atoms with Crippen LogP contribution in [0.5, 0.6) is 11.5 Å². The Labute approximate surface area is 151 Å². The molecule has 0 aromatic heterocycles. The quantitative estimate of drug-likeness (QED) is 0.662. The zero-order chi connectivity index (χ0) is 18.4. The first-order valence-corrected chi connectivity index (χ1v) is 8.90. The van der Waals surface area contributed by atoms with Crippen molar-refractivity contribution in [3.05, 3.63) is 58.7 Å². The summed E-state index contributed by atoms with van der Waals surface area (Å²) in [5.41, 5.74) is 4.79. The average molecular weight is 342 g/mol. The van der Waals surface area contributed by atoms with Crippen LogP contribution < -0.4 is 9.47 Å². The molecule has 3 nitrogen and oxygen atoms in total. The lowest BCUT2D eigenvalue weighted by molar-refractivity contribution is -0.00629. The molecule has 3 heteroatoms. The van der Waals surface area contributed by atoms with E-state index in [4.69, 9.17) is 14.2 Å². The van der Waals surface area contributed by atoms with Crippen LogP contribution in [-0.4, -0.2) is 25.4 Å². The van der Waals surface area contributed by atoms with Crippen LogP contribution in [0.3, 0.4) is 0 Å². The van der Waals surface area contributed by atoms with Gasteiger partial charge in [0.2, 0.25) is 0 Å². The van der Waals surface area contributed by atoms with Gasteiger partial charge in [-0.15, -0.1) is 0 Å². The summed E-state index contributed by atoms with van der Waals surface area (Å²) in [5.74, 6) is 1.83. The fourth-order valence-corrected chi connectivity index (χ4v) is 2.70. The maximum absolute atomic E-state index is 5.98. The molecular formula is C22H30O3. The van der Waals surface area contributed by atoms with Gasteiger partial charge >= 0.3 is 0 Å². The highest BCUT2D eigenvalue weighted by molar-refractivity contribution is 5.36. The second kappa shape index (κ2) is 8.91. The molecule has 25 heavy (non-hydrogen) atoms. The van der Waals surface area contributed by atoms with Crippen LogP contribution in [-0.2, 0) is 4.74 Å². The van der Waals surface area contributed by atoms with E-state index in [1.165, 1.54) is 11.1 Å². The first-order chi connectivity index (χ1) is 11.8. The lowest BCUT2D eigenvalue weighted by Crippen LogP contribution is -2.26. The molecule has 0 spiro atoms. The zero-order valence-electron chi connectivity index (χ0n) is 16.3.